The Morgan fingerprint density at radius 2 is 2.17 bits per heavy atom. The first kappa shape index (κ1) is 11.6. The molecule has 0 aliphatic rings. The molecule has 0 unspecified atom stereocenters. The second kappa shape index (κ2) is 4.31. The van der Waals surface area contributed by atoms with Crippen LogP contribution in [0.2, 0.25) is 0 Å². The molecule has 3 aromatic rings. The van der Waals surface area contributed by atoms with Gasteiger partial charge in [0.25, 0.3) is 0 Å². The number of aryl methyl sites for hydroxylation is 1. The van der Waals surface area contributed by atoms with Gasteiger partial charge in [-0.2, -0.15) is 5.10 Å². The van der Waals surface area contributed by atoms with Crippen molar-refractivity contribution in [3.05, 3.63) is 45.4 Å². The van der Waals surface area contributed by atoms with Crippen LogP contribution in [0.4, 0.5) is 5.82 Å². The van der Waals surface area contributed by atoms with Gasteiger partial charge in [0.15, 0.2) is 0 Å². The number of rotatable bonds is 2. The van der Waals surface area contributed by atoms with E-state index >= 15 is 0 Å². The quantitative estimate of drug-likeness (QED) is 0.720. The maximum atomic E-state index is 6.00. The SMILES string of the molecule is Cc1nn(Cc2cc3ccccc3o2)c(N)c1I. The van der Waals surface area contributed by atoms with Crippen molar-refractivity contribution in [2.75, 3.05) is 5.73 Å². The van der Waals surface area contributed by atoms with E-state index in [1.807, 2.05) is 37.3 Å². The Bertz CT molecular complexity index is 681. The van der Waals surface area contributed by atoms with Crippen molar-refractivity contribution in [3.63, 3.8) is 0 Å². The van der Waals surface area contributed by atoms with Crippen molar-refractivity contribution in [2.24, 2.45) is 0 Å². The molecule has 0 aliphatic heterocycles. The Hall–Kier alpha value is -1.50. The Labute approximate surface area is 118 Å². The number of nitrogen functional groups attached to an aromatic ring is 1. The van der Waals surface area contributed by atoms with E-state index in [0.29, 0.717) is 12.4 Å². The number of para-hydroxylation sites is 1. The predicted octanol–water partition coefficient (Wildman–Crippen LogP) is 3.17. The summed E-state index contributed by atoms with van der Waals surface area (Å²) in [6, 6.07) is 9.98. The fraction of sp³-hybridized carbons (Fsp3) is 0.154. The van der Waals surface area contributed by atoms with Crippen molar-refractivity contribution in [2.45, 2.75) is 13.5 Å². The molecule has 2 N–H and O–H groups in total. The average Bonchev–Trinajstić information content (AvgIpc) is 2.87. The number of hydrogen-bond acceptors (Lipinski definition) is 3. The molecule has 0 amide bonds. The summed E-state index contributed by atoms with van der Waals surface area (Å²) < 4.78 is 8.53. The van der Waals surface area contributed by atoms with Gasteiger partial charge < -0.3 is 10.2 Å². The number of nitrogens with zero attached hydrogens (tertiary/aromatic N) is 2. The van der Waals surface area contributed by atoms with Crippen LogP contribution in [0.1, 0.15) is 11.5 Å². The highest BCUT2D eigenvalue weighted by molar-refractivity contribution is 14.1. The number of anilines is 1. The Morgan fingerprint density at radius 1 is 1.39 bits per heavy atom. The summed E-state index contributed by atoms with van der Waals surface area (Å²) in [7, 11) is 0. The second-order valence-electron chi connectivity index (χ2n) is 4.19. The van der Waals surface area contributed by atoms with Gasteiger partial charge >= 0.3 is 0 Å². The predicted molar refractivity (Wildman–Crippen MR) is 79.4 cm³/mol. The summed E-state index contributed by atoms with van der Waals surface area (Å²) >= 11 is 2.21. The molecule has 0 radical (unpaired) electrons. The number of aromatic nitrogens is 2. The van der Waals surface area contributed by atoms with Gasteiger partial charge in [-0.25, -0.2) is 4.68 Å². The lowest BCUT2D eigenvalue weighted by Crippen LogP contribution is -2.05. The fourth-order valence-electron chi connectivity index (χ4n) is 1.96. The molecule has 2 aromatic heterocycles. The molecule has 0 saturated carbocycles. The van der Waals surface area contributed by atoms with Crippen molar-refractivity contribution in [3.8, 4) is 0 Å². The van der Waals surface area contributed by atoms with Crippen molar-refractivity contribution in [1.29, 1.82) is 0 Å². The molecule has 0 aliphatic carbocycles. The monoisotopic (exact) mass is 353 g/mol. The minimum absolute atomic E-state index is 0.560. The lowest BCUT2D eigenvalue weighted by atomic mass is 10.2. The molecule has 5 heteroatoms. The number of furan rings is 1. The third-order valence-corrected chi connectivity index (χ3v) is 4.21. The van der Waals surface area contributed by atoms with Crippen LogP contribution < -0.4 is 5.73 Å². The van der Waals surface area contributed by atoms with E-state index in [1.165, 1.54) is 0 Å². The maximum absolute atomic E-state index is 6.00. The Balaban J connectivity index is 1.98. The van der Waals surface area contributed by atoms with E-state index in [4.69, 9.17) is 10.2 Å². The molecule has 0 saturated heterocycles. The van der Waals surface area contributed by atoms with Gasteiger partial charge in [-0.05, 0) is 41.6 Å². The summed E-state index contributed by atoms with van der Waals surface area (Å²) in [5.74, 6) is 1.55. The third-order valence-electron chi connectivity index (χ3n) is 2.87. The van der Waals surface area contributed by atoms with E-state index in [-0.39, 0.29) is 0 Å². The van der Waals surface area contributed by atoms with Crippen LogP contribution in [0.3, 0.4) is 0 Å². The van der Waals surface area contributed by atoms with Gasteiger partial charge in [-0.3, -0.25) is 0 Å². The molecular formula is C13H12IN3O. The van der Waals surface area contributed by atoms with Crippen molar-refractivity contribution >= 4 is 39.4 Å². The summed E-state index contributed by atoms with van der Waals surface area (Å²) in [5.41, 5.74) is 7.84. The standard InChI is InChI=1S/C13H12IN3O/c1-8-12(14)13(15)17(16-8)7-10-6-9-4-2-3-5-11(9)18-10/h2-6H,7,15H2,1H3. The zero-order valence-corrected chi connectivity index (χ0v) is 12.0. The summed E-state index contributed by atoms with van der Waals surface area (Å²) in [6.07, 6.45) is 0. The molecular weight excluding hydrogens is 341 g/mol. The van der Waals surface area contributed by atoms with Crippen LogP contribution in [0.5, 0.6) is 0 Å². The summed E-state index contributed by atoms with van der Waals surface area (Å²) in [5, 5.41) is 5.50. The van der Waals surface area contributed by atoms with Crippen molar-refractivity contribution < 1.29 is 4.42 Å². The van der Waals surface area contributed by atoms with Crippen LogP contribution in [0, 0.1) is 10.5 Å². The molecule has 2 heterocycles. The number of benzene rings is 1. The largest absolute Gasteiger partial charge is 0.459 e. The highest BCUT2D eigenvalue weighted by Crippen LogP contribution is 2.22. The molecule has 0 bridgehead atoms. The van der Waals surface area contributed by atoms with Gasteiger partial charge in [0, 0.05) is 5.39 Å². The molecule has 18 heavy (non-hydrogen) atoms. The Morgan fingerprint density at radius 3 is 2.83 bits per heavy atom. The van der Waals surface area contributed by atoms with Gasteiger partial charge in [0.1, 0.15) is 23.7 Å². The summed E-state index contributed by atoms with van der Waals surface area (Å²) in [4.78, 5) is 0. The van der Waals surface area contributed by atoms with Crippen molar-refractivity contribution in [1.82, 2.24) is 9.78 Å². The highest BCUT2D eigenvalue weighted by atomic mass is 127. The highest BCUT2D eigenvalue weighted by Gasteiger charge is 2.11. The minimum Gasteiger partial charge on any atom is -0.459 e. The average molecular weight is 353 g/mol. The van der Waals surface area contributed by atoms with Crippen LogP contribution in [0.25, 0.3) is 11.0 Å². The maximum Gasteiger partial charge on any atom is 0.136 e. The molecule has 4 nitrogen and oxygen atoms in total. The zero-order valence-electron chi connectivity index (χ0n) is 9.85. The van der Waals surface area contributed by atoms with Gasteiger partial charge in [0.2, 0.25) is 0 Å². The number of halogens is 1. The molecule has 0 fully saturated rings. The van der Waals surface area contributed by atoms with Crippen LogP contribution >= 0.6 is 22.6 Å². The van der Waals surface area contributed by atoms with Crippen LogP contribution in [0.15, 0.2) is 34.7 Å². The normalized spacial score (nSPS) is 11.2. The van der Waals surface area contributed by atoms with E-state index < -0.39 is 0 Å². The lowest BCUT2D eigenvalue weighted by Gasteiger charge is -2.00. The smallest absolute Gasteiger partial charge is 0.136 e. The first-order chi connectivity index (χ1) is 8.65. The molecule has 92 valence electrons. The first-order valence-electron chi connectivity index (χ1n) is 5.61. The zero-order chi connectivity index (χ0) is 12.7. The van der Waals surface area contributed by atoms with E-state index in [2.05, 4.69) is 27.7 Å². The molecule has 1 aromatic carbocycles. The van der Waals surface area contributed by atoms with Crippen LogP contribution in [-0.2, 0) is 6.54 Å². The number of nitrogens with two attached hydrogens (primary N) is 1. The Kier molecular flexibility index (Phi) is 2.77. The van der Waals surface area contributed by atoms with Gasteiger partial charge in [-0.1, -0.05) is 18.2 Å². The van der Waals surface area contributed by atoms with Gasteiger partial charge in [-0.15, -0.1) is 0 Å². The molecule has 0 atom stereocenters. The first-order valence-corrected chi connectivity index (χ1v) is 6.69. The molecule has 0 spiro atoms. The molecule has 3 rings (SSSR count). The van der Waals surface area contributed by atoms with E-state index in [0.717, 1.165) is 26.0 Å². The minimum atomic E-state index is 0.560. The number of hydrogen-bond donors (Lipinski definition) is 1. The lowest BCUT2D eigenvalue weighted by molar-refractivity contribution is 0.511. The summed E-state index contributed by atoms with van der Waals surface area (Å²) in [6.45, 7) is 2.51. The second-order valence-corrected chi connectivity index (χ2v) is 5.27. The van der Waals surface area contributed by atoms with Crippen LogP contribution in [-0.4, -0.2) is 9.78 Å². The van der Waals surface area contributed by atoms with E-state index in [1.54, 1.807) is 4.68 Å². The van der Waals surface area contributed by atoms with Gasteiger partial charge in [0.05, 0.1) is 9.26 Å². The topological polar surface area (TPSA) is 57.0 Å². The third kappa shape index (κ3) is 1.88. The number of fused-ring (bicyclic) bond motifs is 1. The fourth-order valence-corrected chi connectivity index (χ4v) is 2.35. The van der Waals surface area contributed by atoms with E-state index in [9.17, 15) is 0 Å².